The fraction of sp³-hybridized carbons (Fsp3) is 0.400. The Morgan fingerprint density at radius 1 is 1.29 bits per heavy atom. The summed E-state index contributed by atoms with van der Waals surface area (Å²) in [5.41, 5.74) is 0.404. The molecule has 1 amide bonds. The van der Waals surface area contributed by atoms with E-state index in [4.69, 9.17) is 4.52 Å². The van der Waals surface area contributed by atoms with Crippen molar-refractivity contribution in [1.82, 2.24) is 30.6 Å². The fourth-order valence-corrected chi connectivity index (χ4v) is 3.60. The van der Waals surface area contributed by atoms with Gasteiger partial charge < -0.3 is 15.2 Å². The highest BCUT2D eigenvalue weighted by Gasteiger charge is 2.42. The number of rotatable bonds is 6. The molecule has 8 nitrogen and oxygen atoms in total. The number of piperidine rings is 1. The van der Waals surface area contributed by atoms with Gasteiger partial charge in [-0.3, -0.25) is 9.48 Å². The quantitative estimate of drug-likeness (QED) is 0.677. The van der Waals surface area contributed by atoms with Crippen LogP contribution >= 0.6 is 0 Å². The van der Waals surface area contributed by atoms with Gasteiger partial charge in [-0.25, -0.2) is 0 Å². The fourth-order valence-electron chi connectivity index (χ4n) is 3.60. The van der Waals surface area contributed by atoms with Crippen LogP contribution in [0.5, 0.6) is 0 Å². The van der Waals surface area contributed by atoms with Crippen molar-refractivity contribution in [2.24, 2.45) is 0 Å². The van der Waals surface area contributed by atoms with Gasteiger partial charge in [0.15, 0.2) is 5.82 Å². The lowest BCUT2D eigenvalue weighted by Crippen LogP contribution is -2.55. The number of hydrogen-bond donors (Lipinski definition) is 2. The molecule has 4 rings (SSSR count). The molecule has 146 valence electrons. The van der Waals surface area contributed by atoms with E-state index < -0.39 is 5.54 Å². The average Bonchev–Trinajstić information content (AvgIpc) is 3.42. The number of carbonyl (C=O) groups excluding carboxylic acids is 1. The zero-order chi connectivity index (χ0) is 19.4. The minimum absolute atomic E-state index is 0.0698. The number of benzene rings is 1. The van der Waals surface area contributed by atoms with Crippen LogP contribution in [0.3, 0.4) is 0 Å². The summed E-state index contributed by atoms with van der Waals surface area (Å²) in [5.74, 6) is 0.939. The van der Waals surface area contributed by atoms with Crippen LogP contribution in [-0.4, -0.2) is 38.9 Å². The van der Waals surface area contributed by atoms with Gasteiger partial charge in [0.1, 0.15) is 5.54 Å². The maximum atomic E-state index is 13.2. The van der Waals surface area contributed by atoms with Crippen LogP contribution < -0.4 is 10.6 Å². The lowest BCUT2D eigenvalue weighted by molar-refractivity contribution is -0.132. The normalized spacial score (nSPS) is 17.2. The lowest BCUT2D eigenvalue weighted by atomic mass is 9.87. The molecule has 2 N–H and O–H groups in total. The average molecular weight is 380 g/mol. The first kappa shape index (κ1) is 18.4. The second-order valence-corrected chi connectivity index (χ2v) is 7.14. The summed E-state index contributed by atoms with van der Waals surface area (Å²) in [4.78, 5) is 17.7. The van der Waals surface area contributed by atoms with E-state index in [1.807, 2.05) is 49.5 Å². The second-order valence-electron chi connectivity index (χ2n) is 7.14. The van der Waals surface area contributed by atoms with Crippen molar-refractivity contribution in [2.45, 2.75) is 37.8 Å². The van der Waals surface area contributed by atoms with Gasteiger partial charge in [0.05, 0.1) is 12.5 Å². The summed E-state index contributed by atoms with van der Waals surface area (Å²) in [6.45, 7) is 3.41. The van der Waals surface area contributed by atoms with Crippen molar-refractivity contribution in [3.8, 4) is 0 Å². The molecule has 1 aromatic carbocycles. The molecule has 8 heteroatoms. The smallest absolute Gasteiger partial charge is 0.248 e. The SMILES string of the molecule is CC(NC(=O)C1(n2cccn2)CCNCC1)c1noc(Cc2ccccc2)n1. The van der Waals surface area contributed by atoms with Gasteiger partial charge in [0.25, 0.3) is 0 Å². The number of carbonyl (C=O) groups is 1. The van der Waals surface area contributed by atoms with Gasteiger partial charge in [-0.15, -0.1) is 0 Å². The highest BCUT2D eigenvalue weighted by molar-refractivity contribution is 5.84. The third kappa shape index (κ3) is 3.68. The summed E-state index contributed by atoms with van der Waals surface area (Å²) in [5, 5.41) is 14.8. The molecular weight excluding hydrogens is 356 g/mol. The first-order chi connectivity index (χ1) is 13.7. The van der Waals surface area contributed by atoms with Gasteiger partial charge in [0.2, 0.25) is 11.8 Å². The Hall–Kier alpha value is -3.00. The molecule has 0 spiro atoms. The molecule has 0 saturated carbocycles. The van der Waals surface area contributed by atoms with E-state index >= 15 is 0 Å². The molecule has 1 aliphatic rings. The molecule has 3 aromatic rings. The highest BCUT2D eigenvalue weighted by Crippen LogP contribution is 2.28. The molecule has 0 radical (unpaired) electrons. The minimum Gasteiger partial charge on any atom is -0.344 e. The lowest BCUT2D eigenvalue weighted by Gasteiger charge is -2.37. The first-order valence-electron chi connectivity index (χ1n) is 9.56. The van der Waals surface area contributed by atoms with Crippen LogP contribution in [-0.2, 0) is 16.8 Å². The largest absolute Gasteiger partial charge is 0.344 e. The molecule has 0 aliphatic carbocycles. The first-order valence-corrected chi connectivity index (χ1v) is 9.56. The van der Waals surface area contributed by atoms with Gasteiger partial charge in [-0.2, -0.15) is 10.1 Å². The Morgan fingerprint density at radius 2 is 2.07 bits per heavy atom. The number of amides is 1. The topological polar surface area (TPSA) is 97.9 Å². The zero-order valence-corrected chi connectivity index (χ0v) is 15.8. The van der Waals surface area contributed by atoms with Crippen LogP contribution in [0.15, 0.2) is 53.3 Å². The van der Waals surface area contributed by atoms with Crippen LogP contribution in [0.1, 0.15) is 43.1 Å². The summed E-state index contributed by atoms with van der Waals surface area (Å²) in [6.07, 6.45) is 5.48. The van der Waals surface area contributed by atoms with Gasteiger partial charge in [-0.05, 0) is 44.5 Å². The van der Waals surface area contributed by atoms with Gasteiger partial charge in [-0.1, -0.05) is 35.5 Å². The van der Waals surface area contributed by atoms with Crippen LogP contribution in [0.2, 0.25) is 0 Å². The number of aromatic nitrogens is 4. The molecule has 3 heterocycles. The summed E-state index contributed by atoms with van der Waals surface area (Å²) in [6, 6.07) is 11.4. The third-order valence-corrected chi connectivity index (χ3v) is 5.21. The van der Waals surface area contributed by atoms with E-state index in [0.717, 1.165) is 18.7 Å². The van der Waals surface area contributed by atoms with E-state index in [9.17, 15) is 4.79 Å². The molecule has 28 heavy (non-hydrogen) atoms. The van der Waals surface area contributed by atoms with Gasteiger partial charge in [0, 0.05) is 12.4 Å². The Labute approximate surface area is 163 Å². The van der Waals surface area contributed by atoms with Crippen molar-refractivity contribution in [2.75, 3.05) is 13.1 Å². The molecular formula is C20H24N6O2. The number of hydrogen-bond acceptors (Lipinski definition) is 6. The van der Waals surface area contributed by atoms with Crippen LogP contribution in [0.25, 0.3) is 0 Å². The van der Waals surface area contributed by atoms with Crippen LogP contribution in [0.4, 0.5) is 0 Å². The maximum Gasteiger partial charge on any atom is 0.248 e. The molecule has 2 aromatic heterocycles. The van der Waals surface area contributed by atoms with E-state index in [1.165, 1.54) is 0 Å². The van der Waals surface area contributed by atoms with Crippen molar-refractivity contribution >= 4 is 5.91 Å². The highest BCUT2D eigenvalue weighted by atomic mass is 16.5. The Bertz CT molecular complexity index is 900. The molecule has 1 saturated heterocycles. The molecule has 1 unspecified atom stereocenters. The number of nitrogens with one attached hydrogen (secondary N) is 2. The predicted molar refractivity (Wildman–Crippen MR) is 102 cm³/mol. The monoisotopic (exact) mass is 380 g/mol. The van der Waals surface area contributed by atoms with E-state index in [1.54, 1.807) is 10.9 Å². The maximum absolute atomic E-state index is 13.2. The Morgan fingerprint density at radius 3 is 2.79 bits per heavy atom. The number of nitrogens with zero attached hydrogens (tertiary/aromatic N) is 4. The summed E-state index contributed by atoms with van der Waals surface area (Å²) < 4.78 is 7.14. The second kappa shape index (κ2) is 7.93. The van der Waals surface area contributed by atoms with Crippen molar-refractivity contribution < 1.29 is 9.32 Å². The minimum atomic E-state index is -0.695. The third-order valence-electron chi connectivity index (χ3n) is 5.21. The molecule has 1 fully saturated rings. The predicted octanol–water partition coefficient (Wildman–Crippen LogP) is 1.81. The van der Waals surface area contributed by atoms with Crippen molar-refractivity contribution in [3.05, 3.63) is 66.1 Å². The molecule has 1 atom stereocenters. The molecule has 0 bridgehead atoms. The summed E-state index contributed by atoms with van der Waals surface area (Å²) in [7, 11) is 0. The van der Waals surface area contributed by atoms with E-state index in [2.05, 4.69) is 25.9 Å². The molecule has 1 aliphatic heterocycles. The zero-order valence-electron chi connectivity index (χ0n) is 15.8. The van der Waals surface area contributed by atoms with Crippen molar-refractivity contribution in [1.29, 1.82) is 0 Å². The van der Waals surface area contributed by atoms with Crippen LogP contribution in [0, 0.1) is 0 Å². The Balaban J connectivity index is 1.47. The standard InChI is InChI=1S/C20H24N6O2/c1-15(18-24-17(28-25-18)14-16-6-3-2-4-7-16)23-19(27)20(8-11-21-12-9-20)26-13-5-10-22-26/h2-7,10,13,15,21H,8-9,11-12,14H2,1H3,(H,23,27). The Kier molecular flexibility index (Phi) is 5.21. The van der Waals surface area contributed by atoms with E-state index in [0.29, 0.717) is 31.0 Å². The summed E-state index contributed by atoms with van der Waals surface area (Å²) >= 11 is 0. The van der Waals surface area contributed by atoms with Gasteiger partial charge >= 0.3 is 0 Å². The van der Waals surface area contributed by atoms with E-state index in [-0.39, 0.29) is 11.9 Å². The van der Waals surface area contributed by atoms with Crippen molar-refractivity contribution in [3.63, 3.8) is 0 Å².